The van der Waals surface area contributed by atoms with Gasteiger partial charge in [-0.15, -0.1) is 10.2 Å². The third-order valence-corrected chi connectivity index (χ3v) is 8.18. The molecule has 1 fully saturated rings. The Hall–Kier alpha value is -4.50. The Morgan fingerprint density at radius 2 is 1.67 bits per heavy atom. The molecule has 0 radical (unpaired) electrons. The predicted octanol–water partition coefficient (Wildman–Crippen LogP) is 6.12. The van der Waals surface area contributed by atoms with E-state index in [1.165, 1.54) is 5.69 Å². The minimum atomic E-state index is -0.776. The van der Waals surface area contributed by atoms with E-state index in [2.05, 4.69) is 76.0 Å². The Balaban J connectivity index is 1.33. The van der Waals surface area contributed by atoms with Gasteiger partial charge >= 0.3 is 0 Å². The van der Waals surface area contributed by atoms with Crippen molar-refractivity contribution in [3.8, 4) is 28.3 Å². The summed E-state index contributed by atoms with van der Waals surface area (Å²) in [4.78, 5) is 29.8. The molecule has 5 rings (SSSR count). The van der Waals surface area contributed by atoms with Crippen molar-refractivity contribution >= 4 is 17.4 Å². The predicted molar refractivity (Wildman–Crippen MR) is 177 cm³/mol. The van der Waals surface area contributed by atoms with Gasteiger partial charge in [0, 0.05) is 37.4 Å². The number of Topliss-reactive ketones (excluding diaryl/α,β-unsaturated/α-hetero) is 1. The van der Waals surface area contributed by atoms with E-state index in [0.717, 1.165) is 42.9 Å². The average Bonchev–Trinajstić information content (AvgIpc) is 3.58. The van der Waals surface area contributed by atoms with Crippen molar-refractivity contribution < 1.29 is 18.7 Å². The Bertz CT molecular complexity index is 1560. The van der Waals surface area contributed by atoms with Gasteiger partial charge in [0.05, 0.1) is 19.1 Å². The number of carbonyl (C=O) groups excluding carboxylic acids is 2. The summed E-state index contributed by atoms with van der Waals surface area (Å²) in [6, 6.07) is 23.2. The fraction of sp³-hybridized carbons (Fsp3) is 0.389. The van der Waals surface area contributed by atoms with Gasteiger partial charge in [0.25, 0.3) is 5.89 Å². The number of piperazine rings is 1. The maximum atomic E-state index is 13.9. The molecule has 9 heteroatoms. The molecule has 1 amide bonds. The van der Waals surface area contributed by atoms with Crippen molar-refractivity contribution in [2.45, 2.75) is 52.0 Å². The van der Waals surface area contributed by atoms with Crippen molar-refractivity contribution in [3.05, 3.63) is 84.3 Å². The highest BCUT2D eigenvalue weighted by Crippen LogP contribution is 2.30. The lowest BCUT2D eigenvalue weighted by atomic mass is 9.87. The molecule has 45 heavy (non-hydrogen) atoms. The maximum absolute atomic E-state index is 13.9. The minimum absolute atomic E-state index is 0.119. The number of ketones is 1. The second-order valence-corrected chi connectivity index (χ2v) is 11.9. The van der Waals surface area contributed by atoms with Gasteiger partial charge in [0.2, 0.25) is 17.6 Å². The maximum Gasteiger partial charge on any atom is 0.286 e. The molecule has 1 aliphatic heterocycles. The molecule has 1 saturated heterocycles. The molecule has 2 N–H and O–H groups in total. The summed E-state index contributed by atoms with van der Waals surface area (Å²) < 4.78 is 11.0. The van der Waals surface area contributed by atoms with Gasteiger partial charge in [0.1, 0.15) is 5.75 Å². The van der Waals surface area contributed by atoms with E-state index < -0.39 is 12.0 Å². The molecule has 1 aliphatic rings. The van der Waals surface area contributed by atoms with Crippen LogP contribution in [0.5, 0.6) is 5.75 Å². The summed E-state index contributed by atoms with van der Waals surface area (Å²) in [5.41, 5.74) is 4.97. The standard InChI is InChI=1S/C36H43N5O4/c1-5-7-32(33(42)36-40-39-35(45-36)26-12-16-30(44-4)17-13-26)38-34(43)31(22-24(2)3)28-9-6-8-27(23-28)25-10-14-29(15-11-25)41-20-18-37-19-21-41/h6,8-17,23-24,31-32,37H,5,7,18-22H2,1-4H3,(H,38,43)/t31?,32-/m1/s1. The van der Waals surface area contributed by atoms with E-state index in [9.17, 15) is 9.59 Å². The zero-order valence-electron chi connectivity index (χ0n) is 26.6. The second-order valence-electron chi connectivity index (χ2n) is 11.9. The molecule has 0 aliphatic carbocycles. The minimum Gasteiger partial charge on any atom is -0.497 e. The van der Waals surface area contributed by atoms with Gasteiger partial charge in [-0.3, -0.25) is 9.59 Å². The molecule has 236 valence electrons. The molecule has 2 atom stereocenters. The summed E-state index contributed by atoms with van der Waals surface area (Å²) in [7, 11) is 1.59. The summed E-state index contributed by atoms with van der Waals surface area (Å²) >= 11 is 0. The van der Waals surface area contributed by atoms with E-state index >= 15 is 0 Å². The fourth-order valence-corrected chi connectivity index (χ4v) is 5.74. The Morgan fingerprint density at radius 3 is 2.33 bits per heavy atom. The van der Waals surface area contributed by atoms with Crippen LogP contribution in [0.4, 0.5) is 5.69 Å². The van der Waals surface area contributed by atoms with Crippen LogP contribution in [0, 0.1) is 5.92 Å². The number of carbonyl (C=O) groups is 2. The summed E-state index contributed by atoms with van der Waals surface area (Å²) in [6.45, 7) is 10.2. The van der Waals surface area contributed by atoms with Gasteiger partial charge in [-0.25, -0.2) is 0 Å². The largest absolute Gasteiger partial charge is 0.497 e. The fourth-order valence-electron chi connectivity index (χ4n) is 5.74. The molecule has 0 spiro atoms. The zero-order valence-corrected chi connectivity index (χ0v) is 26.6. The first-order chi connectivity index (χ1) is 21.9. The number of ether oxygens (including phenoxy) is 1. The molecule has 2 heterocycles. The third kappa shape index (κ3) is 7.97. The molecule has 1 unspecified atom stereocenters. The van der Waals surface area contributed by atoms with E-state index in [1.54, 1.807) is 31.4 Å². The highest BCUT2D eigenvalue weighted by molar-refractivity contribution is 5.99. The van der Waals surface area contributed by atoms with E-state index in [0.29, 0.717) is 30.6 Å². The number of aromatic nitrogens is 2. The van der Waals surface area contributed by atoms with Crippen LogP contribution in [-0.4, -0.2) is 61.2 Å². The van der Waals surface area contributed by atoms with Crippen LogP contribution in [0.25, 0.3) is 22.6 Å². The number of methoxy groups -OCH3 is 1. The summed E-state index contributed by atoms with van der Waals surface area (Å²) in [5, 5.41) is 14.5. The van der Waals surface area contributed by atoms with E-state index in [4.69, 9.17) is 9.15 Å². The second kappa shape index (κ2) is 15.0. The Kier molecular flexibility index (Phi) is 10.6. The van der Waals surface area contributed by atoms with Gasteiger partial charge in [0.15, 0.2) is 0 Å². The van der Waals surface area contributed by atoms with Crippen molar-refractivity contribution in [2.24, 2.45) is 5.92 Å². The number of rotatable bonds is 13. The Labute approximate surface area is 265 Å². The van der Waals surface area contributed by atoms with Gasteiger partial charge < -0.3 is 24.7 Å². The number of anilines is 1. The number of benzene rings is 3. The zero-order chi connectivity index (χ0) is 31.8. The number of amides is 1. The SMILES string of the molecule is CCC[C@@H](NC(=O)C(CC(C)C)c1cccc(-c2ccc(N3CCNCC3)cc2)c1)C(=O)c1nnc(-c2ccc(OC)cc2)o1. The average molecular weight is 610 g/mol. The summed E-state index contributed by atoms with van der Waals surface area (Å²) in [5.74, 6) is 0.0892. The first-order valence-corrected chi connectivity index (χ1v) is 15.8. The topological polar surface area (TPSA) is 110 Å². The first-order valence-electron chi connectivity index (χ1n) is 15.8. The highest BCUT2D eigenvalue weighted by atomic mass is 16.5. The number of nitrogens with one attached hydrogen (secondary N) is 2. The molecule has 1 aromatic heterocycles. The van der Waals surface area contributed by atoms with Crippen LogP contribution in [-0.2, 0) is 4.79 Å². The molecule has 0 saturated carbocycles. The van der Waals surface area contributed by atoms with Gasteiger partial charge in [-0.05, 0) is 71.8 Å². The van der Waals surface area contributed by atoms with E-state index in [-0.39, 0.29) is 29.4 Å². The molecule has 4 aromatic rings. The van der Waals surface area contributed by atoms with Crippen LogP contribution in [0.2, 0.25) is 0 Å². The number of hydrogen-bond acceptors (Lipinski definition) is 8. The lowest BCUT2D eigenvalue weighted by Crippen LogP contribution is -2.43. The van der Waals surface area contributed by atoms with Crippen LogP contribution in [0.15, 0.2) is 77.2 Å². The normalized spacial score (nSPS) is 14.6. The Morgan fingerprint density at radius 1 is 0.956 bits per heavy atom. The molecule has 9 nitrogen and oxygen atoms in total. The van der Waals surface area contributed by atoms with E-state index in [1.807, 2.05) is 19.1 Å². The van der Waals surface area contributed by atoms with Crippen molar-refractivity contribution in [3.63, 3.8) is 0 Å². The lowest BCUT2D eigenvalue weighted by molar-refractivity contribution is -0.123. The smallest absolute Gasteiger partial charge is 0.286 e. The third-order valence-electron chi connectivity index (χ3n) is 8.18. The monoisotopic (exact) mass is 609 g/mol. The first kappa shape index (κ1) is 31.9. The van der Waals surface area contributed by atoms with Gasteiger partial charge in [-0.1, -0.05) is 63.6 Å². The van der Waals surface area contributed by atoms with Gasteiger partial charge in [-0.2, -0.15) is 0 Å². The number of hydrogen-bond donors (Lipinski definition) is 2. The number of nitrogens with zero attached hydrogens (tertiary/aromatic N) is 3. The lowest BCUT2D eigenvalue weighted by Gasteiger charge is -2.29. The van der Waals surface area contributed by atoms with Crippen molar-refractivity contribution in [2.75, 3.05) is 38.2 Å². The molecular weight excluding hydrogens is 566 g/mol. The molecule has 3 aromatic carbocycles. The quantitative estimate of drug-likeness (QED) is 0.175. The van der Waals surface area contributed by atoms with Crippen LogP contribution in [0.3, 0.4) is 0 Å². The van der Waals surface area contributed by atoms with Crippen molar-refractivity contribution in [1.82, 2.24) is 20.8 Å². The highest BCUT2D eigenvalue weighted by Gasteiger charge is 2.30. The molecule has 0 bridgehead atoms. The summed E-state index contributed by atoms with van der Waals surface area (Å²) in [6.07, 6.45) is 1.80. The van der Waals surface area contributed by atoms with Crippen LogP contribution in [0.1, 0.15) is 62.2 Å². The van der Waals surface area contributed by atoms with Crippen LogP contribution < -0.4 is 20.3 Å². The molecular formula is C36H43N5O4. The van der Waals surface area contributed by atoms with Crippen LogP contribution >= 0.6 is 0 Å². The van der Waals surface area contributed by atoms with Crippen molar-refractivity contribution in [1.29, 1.82) is 0 Å².